The van der Waals surface area contributed by atoms with Crippen LogP contribution in [0, 0.1) is 0 Å². The van der Waals surface area contributed by atoms with Crippen LogP contribution in [-0.2, 0) is 6.54 Å². The minimum absolute atomic E-state index is 0.0428. The van der Waals surface area contributed by atoms with E-state index in [2.05, 4.69) is 15.0 Å². The molecule has 0 saturated carbocycles. The number of nitrogens with one attached hydrogen (secondary N) is 2. The molecule has 0 bridgehead atoms. The van der Waals surface area contributed by atoms with Gasteiger partial charge in [0.1, 0.15) is 17.1 Å². The number of ketones is 1. The first kappa shape index (κ1) is 21.3. The molecule has 0 saturated heterocycles. The van der Waals surface area contributed by atoms with Gasteiger partial charge in [0.05, 0.1) is 21.2 Å². The Hall–Kier alpha value is -2.89. The Morgan fingerprint density at radius 3 is 2.52 bits per heavy atom. The van der Waals surface area contributed by atoms with Crippen LogP contribution in [0.15, 0.2) is 49.8 Å². The van der Waals surface area contributed by atoms with Crippen molar-refractivity contribution in [3.63, 3.8) is 0 Å². The van der Waals surface area contributed by atoms with E-state index in [1.54, 1.807) is 22.7 Å². The van der Waals surface area contributed by atoms with Crippen molar-refractivity contribution in [1.82, 2.24) is 19.5 Å². The zero-order chi connectivity index (χ0) is 22.0. The van der Waals surface area contributed by atoms with Gasteiger partial charge in [0.15, 0.2) is 10.9 Å². The van der Waals surface area contributed by atoms with E-state index in [-0.39, 0.29) is 17.1 Å². The topological polar surface area (TPSA) is 127 Å². The molecule has 0 radical (unpaired) electrons. The number of nitrogens with two attached hydrogens (primary N) is 1. The molecule has 8 nitrogen and oxygen atoms in total. The highest BCUT2D eigenvalue weighted by atomic mass is 32.2. The highest BCUT2D eigenvalue weighted by Crippen LogP contribution is 2.36. The Bertz CT molecular complexity index is 1270. The van der Waals surface area contributed by atoms with Gasteiger partial charge in [-0.15, -0.1) is 22.7 Å². The van der Waals surface area contributed by atoms with Gasteiger partial charge in [0, 0.05) is 6.54 Å². The molecule has 31 heavy (non-hydrogen) atoms. The maximum atomic E-state index is 12.8. The molecule has 0 unspecified atom stereocenters. The molecule has 0 spiro atoms. The normalized spacial score (nSPS) is 11.1. The summed E-state index contributed by atoms with van der Waals surface area (Å²) in [6, 6.07) is 7.93. The first-order valence-corrected chi connectivity index (χ1v) is 12.2. The molecular weight excluding hydrogens is 454 g/mol. The lowest BCUT2D eigenvalue weighted by molar-refractivity contribution is 0.102. The van der Waals surface area contributed by atoms with Crippen molar-refractivity contribution in [1.29, 1.82) is 0 Å². The van der Waals surface area contributed by atoms with Gasteiger partial charge in [0.25, 0.3) is 5.56 Å². The number of imidazole rings is 1. The largest absolute Gasteiger partial charge is 0.384 e. The Balaban J connectivity index is 1.61. The summed E-state index contributed by atoms with van der Waals surface area (Å²) in [6.45, 7) is 2.20. The van der Waals surface area contributed by atoms with Crippen LogP contribution < -0.4 is 17.0 Å². The number of thioether (sulfide) groups is 1. The van der Waals surface area contributed by atoms with Gasteiger partial charge >= 0.3 is 5.69 Å². The highest BCUT2D eigenvalue weighted by molar-refractivity contribution is 7.99. The zero-order valence-electron chi connectivity index (χ0n) is 16.5. The minimum Gasteiger partial charge on any atom is -0.384 e. The number of aromatic amines is 2. The first-order chi connectivity index (χ1) is 15.0. The molecule has 0 aliphatic carbocycles. The third-order valence-electron chi connectivity index (χ3n) is 4.51. The highest BCUT2D eigenvalue weighted by Gasteiger charge is 2.21. The number of anilines is 1. The minimum atomic E-state index is -0.765. The van der Waals surface area contributed by atoms with Crippen LogP contribution in [0.2, 0.25) is 0 Å². The summed E-state index contributed by atoms with van der Waals surface area (Å²) in [5.41, 5.74) is 6.13. The summed E-state index contributed by atoms with van der Waals surface area (Å²) in [5.74, 6) is -0.599. The van der Waals surface area contributed by atoms with E-state index >= 15 is 0 Å². The summed E-state index contributed by atoms with van der Waals surface area (Å²) < 4.78 is 1.22. The van der Waals surface area contributed by atoms with Crippen LogP contribution in [0.25, 0.3) is 21.1 Å². The summed E-state index contributed by atoms with van der Waals surface area (Å²) >= 11 is 4.37. The molecule has 0 atom stereocenters. The second-order valence-electron chi connectivity index (χ2n) is 6.60. The average molecular weight is 474 g/mol. The molecule has 0 aliphatic rings. The Morgan fingerprint density at radius 2 is 1.87 bits per heavy atom. The van der Waals surface area contributed by atoms with Crippen molar-refractivity contribution >= 4 is 46.0 Å². The van der Waals surface area contributed by atoms with Crippen molar-refractivity contribution < 1.29 is 4.79 Å². The Labute approximate surface area is 189 Å². The molecule has 4 heterocycles. The second-order valence-corrected chi connectivity index (χ2v) is 9.46. The number of H-pyrrole nitrogens is 2. The van der Waals surface area contributed by atoms with Gasteiger partial charge in [0.2, 0.25) is 0 Å². The van der Waals surface area contributed by atoms with Crippen LogP contribution in [-0.4, -0.2) is 31.1 Å². The number of hydrogen-bond acceptors (Lipinski definition) is 8. The number of rotatable bonds is 8. The zero-order valence-corrected chi connectivity index (χ0v) is 19.0. The first-order valence-electron chi connectivity index (χ1n) is 9.46. The lowest BCUT2D eigenvalue weighted by atomic mass is 10.2. The van der Waals surface area contributed by atoms with Gasteiger partial charge < -0.3 is 10.7 Å². The van der Waals surface area contributed by atoms with Crippen molar-refractivity contribution in [3.8, 4) is 21.1 Å². The smallest absolute Gasteiger partial charge is 0.329 e. The van der Waals surface area contributed by atoms with E-state index in [0.717, 1.165) is 21.1 Å². The van der Waals surface area contributed by atoms with Gasteiger partial charge in [-0.05, 0) is 29.3 Å². The predicted molar refractivity (Wildman–Crippen MR) is 126 cm³/mol. The van der Waals surface area contributed by atoms with Crippen LogP contribution in [0.1, 0.15) is 23.7 Å². The number of nitrogen functional groups attached to an aromatic ring is 1. The molecule has 0 aliphatic heterocycles. The maximum absolute atomic E-state index is 12.8. The number of Topliss-reactive ketones (excluding diaryl/α,β-unsaturated/α-hetero) is 1. The molecule has 0 aromatic carbocycles. The number of aromatic nitrogens is 4. The van der Waals surface area contributed by atoms with E-state index in [9.17, 15) is 14.4 Å². The van der Waals surface area contributed by atoms with Crippen LogP contribution >= 0.6 is 34.4 Å². The lowest BCUT2D eigenvalue weighted by Crippen LogP contribution is -2.36. The third kappa shape index (κ3) is 4.29. The molecule has 160 valence electrons. The average Bonchev–Trinajstić information content (AvgIpc) is 3.50. The summed E-state index contributed by atoms with van der Waals surface area (Å²) in [6.07, 6.45) is 0.641. The summed E-state index contributed by atoms with van der Waals surface area (Å²) in [4.78, 5) is 49.2. The van der Waals surface area contributed by atoms with Crippen molar-refractivity contribution in [2.24, 2.45) is 0 Å². The standard InChI is InChI=1S/C20H19N5O3S3/c1-2-7-25-17(21)14(18(27)24-20(25)28)11(26)10-31-19-22-15(12-5-3-8-29-12)16(23-19)13-6-4-9-30-13/h3-6,8-9H,2,7,10,21H2,1H3,(H,22,23)(H,24,27,28). The van der Waals surface area contributed by atoms with Gasteiger partial charge in [-0.3, -0.25) is 19.1 Å². The molecular formula is C20H19N5O3S3. The number of carbonyl (C=O) groups is 1. The number of nitrogens with zero attached hydrogens (tertiary/aromatic N) is 2. The van der Waals surface area contributed by atoms with Crippen LogP contribution in [0.3, 0.4) is 0 Å². The number of thiophene rings is 2. The number of hydrogen-bond donors (Lipinski definition) is 3. The lowest BCUT2D eigenvalue weighted by Gasteiger charge is -2.10. The fourth-order valence-corrected chi connectivity index (χ4v) is 5.31. The molecule has 11 heteroatoms. The van der Waals surface area contributed by atoms with Crippen molar-refractivity contribution in [2.45, 2.75) is 25.0 Å². The molecule has 0 amide bonds. The monoisotopic (exact) mass is 473 g/mol. The second kappa shape index (κ2) is 9.08. The molecule has 4 aromatic rings. The quantitative estimate of drug-likeness (QED) is 0.265. The van der Waals surface area contributed by atoms with E-state index in [0.29, 0.717) is 18.1 Å². The SMILES string of the molecule is CCCn1c(N)c(C(=O)CSc2nc(-c3cccs3)c(-c3cccs3)[nH]2)c(=O)[nH]c1=O. The predicted octanol–water partition coefficient (Wildman–Crippen LogP) is 3.68. The molecule has 4 N–H and O–H groups in total. The van der Waals surface area contributed by atoms with Crippen LogP contribution in [0.5, 0.6) is 0 Å². The fraction of sp³-hybridized carbons (Fsp3) is 0.200. The summed E-state index contributed by atoms with van der Waals surface area (Å²) in [7, 11) is 0. The molecule has 4 aromatic heterocycles. The Morgan fingerprint density at radius 1 is 1.16 bits per heavy atom. The van der Waals surface area contributed by atoms with Crippen LogP contribution in [0.4, 0.5) is 5.82 Å². The van der Waals surface area contributed by atoms with E-state index in [1.165, 1.54) is 16.3 Å². The number of carbonyl (C=O) groups excluding carboxylic acids is 1. The molecule has 4 rings (SSSR count). The van der Waals surface area contributed by atoms with Gasteiger partial charge in [-0.25, -0.2) is 9.78 Å². The van der Waals surface area contributed by atoms with E-state index in [1.807, 2.05) is 41.9 Å². The summed E-state index contributed by atoms with van der Waals surface area (Å²) in [5, 5.41) is 4.54. The van der Waals surface area contributed by atoms with Gasteiger partial charge in [-0.1, -0.05) is 30.8 Å². The third-order valence-corrected chi connectivity index (χ3v) is 7.15. The molecule has 0 fully saturated rings. The Kier molecular flexibility index (Phi) is 6.25. The van der Waals surface area contributed by atoms with E-state index < -0.39 is 17.0 Å². The fourth-order valence-electron chi connectivity index (χ4n) is 3.12. The van der Waals surface area contributed by atoms with E-state index in [4.69, 9.17) is 5.73 Å². The van der Waals surface area contributed by atoms with Crippen molar-refractivity contribution in [2.75, 3.05) is 11.5 Å². The maximum Gasteiger partial charge on any atom is 0.329 e. The van der Waals surface area contributed by atoms with Crippen molar-refractivity contribution in [3.05, 3.63) is 61.4 Å². The van der Waals surface area contributed by atoms with Gasteiger partial charge in [-0.2, -0.15) is 0 Å².